The number of aryl methyl sites for hydroxylation is 1. The maximum absolute atomic E-state index is 12.7. The number of hydrogen-bond acceptors (Lipinski definition) is 4. The van der Waals surface area contributed by atoms with E-state index in [1.807, 2.05) is 67.6 Å². The Kier molecular flexibility index (Phi) is 5.46. The van der Waals surface area contributed by atoms with Gasteiger partial charge in [0.25, 0.3) is 0 Å². The summed E-state index contributed by atoms with van der Waals surface area (Å²) < 4.78 is 5.63. The molecule has 0 bridgehead atoms. The Bertz CT molecular complexity index is 1230. The number of ether oxygens (including phenoxy) is 1. The van der Waals surface area contributed by atoms with Gasteiger partial charge in [0, 0.05) is 42.9 Å². The van der Waals surface area contributed by atoms with E-state index in [9.17, 15) is 4.79 Å². The number of benzene rings is 3. The van der Waals surface area contributed by atoms with Gasteiger partial charge >= 0.3 is 6.09 Å². The van der Waals surface area contributed by atoms with Crippen molar-refractivity contribution in [3.63, 3.8) is 0 Å². The number of anilines is 1. The maximum atomic E-state index is 12.7. The molecule has 1 fully saturated rings. The summed E-state index contributed by atoms with van der Waals surface area (Å²) in [5.74, 6) is 0.563. The molecule has 0 atom stereocenters. The number of pyridine rings is 1. The van der Waals surface area contributed by atoms with Crippen molar-refractivity contribution in [2.24, 2.45) is 0 Å². The van der Waals surface area contributed by atoms with Gasteiger partial charge in [-0.3, -0.25) is 4.98 Å². The number of carbonyl (C=O) groups is 1. The molecule has 5 rings (SSSR count). The number of amides is 1. The van der Waals surface area contributed by atoms with E-state index < -0.39 is 0 Å². The van der Waals surface area contributed by atoms with Gasteiger partial charge in [-0.15, -0.1) is 0 Å². The summed E-state index contributed by atoms with van der Waals surface area (Å²) in [7, 11) is 0. The van der Waals surface area contributed by atoms with E-state index >= 15 is 0 Å². The fraction of sp³-hybridized carbons (Fsp3) is 0.185. The monoisotopic (exact) mass is 423 g/mol. The lowest BCUT2D eigenvalue weighted by atomic mass is 10.1. The lowest BCUT2D eigenvalue weighted by Gasteiger charge is -2.36. The van der Waals surface area contributed by atoms with Crippen LogP contribution in [0, 0.1) is 6.92 Å². The van der Waals surface area contributed by atoms with E-state index in [4.69, 9.17) is 4.74 Å². The second kappa shape index (κ2) is 8.71. The van der Waals surface area contributed by atoms with Crippen LogP contribution in [-0.4, -0.2) is 42.2 Å². The molecule has 1 saturated heterocycles. The summed E-state index contributed by atoms with van der Waals surface area (Å²) in [4.78, 5) is 21.4. The highest BCUT2D eigenvalue weighted by Crippen LogP contribution is 2.28. The van der Waals surface area contributed by atoms with Crippen molar-refractivity contribution < 1.29 is 9.53 Å². The van der Waals surface area contributed by atoms with Crippen LogP contribution in [-0.2, 0) is 0 Å². The van der Waals surface area contributed by atoms with E-state index in [0.29, 0.717) is 18.8 Å². The van der Waals surface area contributed by atoms with Crippen molar-refractivity contribution in [2.75, 3.05) is 31.1 Å². The first-order valence-electron chi connectivity index (χ1n) is 10.9. The molecule has 2 heterocycles. The molecule has 0 aliphatic carbocycles. The van der Waals surface area contributed by atoms with E-state index in [0.717, 1.165) is 40.8 Å². The molecular weight excluding hydrogens is 398 g/mol. The van der Waals surface area contributed by atoms with Crippen molar-refractivity contribution in [2.45, 2.75) is 6.92 Å². The van der Waals surface area contributed by atoms with Crippen molar-refractivity contribution in [3.05, 3.63) is 90.6 Å². The Labute approximate surface area is 187 Å². The molecule has 1 aliphatic heterocycles. The van der Waals surface area contributed by atoms with Crippen LogP contribution in [0.3, 0.4) is 0 Å². The zero-order valence-electron chi connectivity index (χ0n) is 18.1. The smallest absolute Gasteiger partial charge is 0.410 e. The molecule has 5 heteroatoms. The minimum Gasteiger partial charge on any atom is -0.410 e. The molecule has 1 aliphatic rings. The molecule has 0 radical (unpaired) electrons. The highest BCUT2D eigenvalue weighted by Gasteiger charge is 2.24. The van der Waals surface area contributed by atoms with Crippen molar-refractivity contribution >= 4 is 22.7 Å². The van der Waals surface area contributed by atoms with Crippen molar-refractivity contribution in [1.29, 1.82) is 0 Å². The SMILES string of the molecule is Cc1cc(N2CCN(C(=O)Oc3ccc(-c4ccccc4)cc3)CC2)c2ccccc2n1. The topological polar surface area (TPSA) is 45.7 Å². The predicted molar refractivity (Wildman–Crippen MR) is 128 cm³/mol. The Morgan fingerprint density at radius 1 is 0.812 bits per heavy atom. The van der Waals surface area contributed by atoms with Crippen LogP contribution in [0.25, 0.3) is 22.0 Å². The zero-order chi connectivity index (χ0) is 21.9. The lowest BCUT2D eigenvalue weighted by molar-refractivity contribution is 0.149. The highest BCUT2D eigenvalue weighted by molar-refractivity contribution is 5.92. The van der Waals surface area contributed by atoms with Gasteiger partial charge in [-0.1, -0.05) is 60.7 Å². The van der Waals surface area contributed by atoms with Gasteiger partial charge in [0.2, 0.25) is 0 Å². The first kappa shape index (κ1) is 20.1. The van der Waals surface area contributed by atoms with Gasteiger partial charge in [0.1, 0.15) is 5.75 Å². The summed E-state index contributed by atoms with van der Waals surface area (Å²) in [5.41, 5.74) is 5.42. The normalized spacial score (nSPS) is 13.9. The number of hydrogen-bond donors (Lipinski definition) is 0. The summed E-state index contributed by atoms with van der Waals surface area (Å²) in [6.07, 6.45) is -0.298. The number of aromatic nitrogens is 1. The van der Waals surface area contributed by atoms with Gasteiger partial charge in [-0.25, -0.2) is 4.79 Å². The quantitative estimate of drug-likeness (QED) is 0.435. The van der Waals surface area contributed by atoms with Crippen LogP contribution < -0.4 is 9.64 Å². The molecule has 160 valence electrons. The third kappa shape index (κ3) is 4.14. The Hall–Kier alpha value is -3.86. The molecule has 0 saturated carbocycles. The Morgan fingerprint density at radius 3 is 2.22 bits per heavy atom. The molecule has 0 unspecified atom stereocenters. The minimum atomic E-state index is -0.298. The molecular formula is C27H25N3O2. The molecule has 1 amide bonds. The van der Waals surface area contributed by atoms with Gasteiger partial charge in [-0.05, 0) is 42.3 Å². The van der Waals surface area contributed by atoms with Crippen LogP contribution in [0.4, 0.5) is 10.5 Å². The third-order valence-corrected chi connectivity index (χ3v) is 5.87. The third-order valence-electron chi connectivity index (χ3n) is 5.87. The van der Waals surface area contributed by atoms with E-state index in [2.05, 4.69) is 34.1 Å². The highest BCUT2D eigenvalue weighted by atomic mass is 16.6. The number of fused-ring (bicyclic) bond motifs is 1. The maximum Gasteiger partial charge on any atom is 0.415 e. The average Bonchev–Trinajstić information content (AvgIpc) is 2.84. The van der Waals surface area contributed by atoms with E-state index in [1.54, 1.807) is 4.90 Å². The molecule has 3 aromatic carbocycles. The molecule has 4 aromatic rings. The fourth-order valence-electron chi connectivity index (χ4n) is 4.19. The Balaban J connectivity index is 1.23. The lowest BCUT2D eigenvalue weighted by Crippen LogP contribution is -2.49. The second-order valence-electron chi connectivity index (χ2n) is 8.03. The predicted octanol–water partition coefficient (Wildman–Crippen LogP) is 5.53. The standard InChI is InChI=1S/C27H25N3O2/c1-20-19-26(24-9-5-6-10-25(24)28-20)29-15-17-30(18-16-29)27(31)32-23-13-11-22(12-14-23)21-7-3-2-4-8-21/h2-14,19H,15-18H2,1H3. The van der Waals surface area contributed by atoms with Crippen LogP contribution in [0.5, 0.6) is 5.75 Å². The molecule has 5 nitrogen and oxygen atoms in total. The van der Waals surface area contributed by atoms with Gasteiger partial charge in [0.05, 0.1) is 5.52 Å². The molecule has 0 N–H and O–H groups in total. The first-order valence-corrected chi connectivity index (χ1v) is 10.9. The van der Waals surface area contributed by atoms with Crippen molar-refractivity contribution in [1.82, 2.24) is 9.88 Å². The van der Waals surface area contributed by atoms with Gasteiger partial charge in [-0.2, -0.15) is 0 Å². The summed E-state index contributed by atoms with van der Waals surface area (Å²) in [5, 5.41) is 1.15. The molecule has 32 heavy (non-hydrogen) atoms. The molecule has 0 spiro atoms. The van der Waals surface area contributed by atoms with Crippen LogP contribution in [0.2, 0.25) is 0 Å². The van der Waals surface area contributed by atoms with Gasteiger partial charge in [0.15, 0.2) is 0 Å². The summed E-state index contributed by atoms with van der Waals surface area (Å²) >= 11 is 0. The first-order chi connectivity index (χ1) is 15.7. The largest absolute Gasteiger partial charge is 0.415 e. The summed E-state index contributed by atoms with van der Waals surface area (Å²) in [6.45, 7) is 4.78. The number of para-hydroxylation sites is 1. The minimum absolute atomic E-state index is 0.298. The zero-order valence-corrected chi connectivity index (χ0v) is 18.1. The van der Waals surface area contributed by atoms with Crippen LogP contribution in [0.15, 0.2) is 84.9 Å². The van der Waals surface area contributed by atoms with Crippen LogP contribution in [0.1, 0.15) is 5.69 Å². The van der Waals surface area contributed by atoms with E-state index in [-0.39, 0.29) is 6.09 Å². The molecule has 1 aromatic heterocycles. The number of carbonyl (C=O) groups excluding carboxylic acids is 1. The number of nitrogens with zero attached hydrogens (tertiary/aromatic N) is 3. The summed E-state index contributed by atoms with van der Waals surface area (Å²) in [6, 6.07) is 28.1. The number of rotatable bonds is 3. The second-order valence-corrected chi connectivity index (χ2v) is 8.03. The fourth-order valence-corrected chi connectivity index (χ4v) is 4.19. The van der Waals surface area contributed by atoms with Crippen LogP contribution >= 0.6 is 0 Å². The number of piperazine rings is 1. The Morgan fingerprint density at radius 2 is 1.47 bits per heavy atom. The van der Waals surface area contributed by atoms with Gasteiger partial charge < -0.3 is 14.5 Å². The van der Waals surface area contributed by atoms with Crippen molar-refractivity contribution in [3.8, 4) is 16.9 Å². The average molecular weight is 424 g/mol. The van der Waals surface area contributed by atoms with E-state index in [1.165, 1.54) is 5.69 Å².